The zero-order valence-electron chi connectivity index (χ0n) is 22.3. The van der Waals surface area contributed by atoms with Crippen LogP contribution >= 0.6 is 0 Å². The normalized spacial score (nSPS) is 12.8. The third-order valence-corrected chi connectivity index (χ3v) is 6.66. The van der Waals surface area contributed by atoms with Crippen molar-refractivity contribution in [3.8, 4) is 0 Å². The molecule has 0 amide bonds. The van der Waals surface area contributed by atoms with E-state index in [0.29, 0.717) is 0 Å². The maximum absolute atomic E-state index is 10.8. The first-order chi connectivity index (χ1) is 15.5. The van der Waals surface area contributed by atoms with Crippen molar-refractivity contribution in [2.24, 2.45) is 5.92 Å². The van der Waals surface area contributed by atoms with Crippen LogP contribution in [0.4, 0.5) is 0 Å². The van der Waals surface area contributed by atoms with Crippen molar-refractivity contribution >= 4 is 10.4 Å². The van der Waals surface area contributed by atoms with Gasteiger partial charge in [0.25, 0.3) is 0 Å². The Balaban J connectivity index is 0. The predicted molar refractivity (Wildman–Crippen MR) is 137 cm³/mol. The summed E-state index contributed by atoms with van der Waals surface area (Å²) in [6.07, 6.45) is 30.9. The van der Waals surface area contributed by atoms with Crippen molar-refractivity contribution in [2.45, 2.75) is 149 Å². The van der Waals surface area contributed by atoms with Gasteiger partial charge in [0.05, 0.1) is 6.61 Å². The van der Waals surface area contributed by atoms with E-state index in [9.17, 15) is 13.0 Å². The molecule has 0 rings (SSSR count). The van der Waals surface area contributed by atoms with E-state index in [4.69, 9.17) is 0 Å². The molecule has 6 heteroatoms. The van der Waals surface area contributed by atoms with E-state index in [0.717, 1.165) is 19.3 Å². The monoisotopic (exact) mass is 496 g/mol. The van der Waals surface area contributed by atoms with Crippen LogP contribution in [-0.2, 0) is 14.6 Å². The van der Waals surface area contributed by atoms with E-state index in [1.807, 2.05) is 0 Å². The summed E-state index contributed by atoms with van der Waals surface area (Å²) in [5.41, 5.74) is 0. The zero-order chi connectivity index (χ0) is 23.8. The molecule has 0 N–H and O–H groups in total. The first kappa shape index (κ1) is 35.8. The van der Waals surface area contributed by atoms with Crippen LogP contribution < -0.4 is 29.6 Å². The molecule has 33 heavy (non-hydrogen) atoms. The largest absolute Gasteiger partial charge is 1.00 e. The summed E-state index contributed by atoms with van der Waals surface area (Å²) >= 11 is 0. The molecule has 0 saturated carbocycles. The standard InChI is InChI=1S/C27H54O4S.Na/c1-3-5-7-9-11-13-14-15-16-17-19-21-23-25-27(26-31-32(28,29)30)24-22-20-18-12-10-8-6-4-2;/h22,24,27H,3-21,23,25-26H2,1-2H3,(H,28,29,30);/q;+1/p-1/b24-22+;. The number of unbranched alkanes of at least 4 members (excludes halogenated alkanes) is 18. The SMILES string of the molecule is CCCCCCCC/C=C/C(CCCCCCCCCCCCCCC)COS(=O)(=O)[O-].[Na+]. The first-order valence-corrected chi connectivity index (χ1v) is 15.1. The van der Waals surface area contributed by atoms with Gasteiger partial charge in [-0.05, 0) is 19.3 Å². The Labute approximate surface area is 229 Å². The molecule has 1 atom stereocenters. The average Bonchev–Trinajstić information content (AvgIpc) is 2.75. The summed E-state index contributed by atoms with van der Waals surface area (Å²) in [4.78, 5) is 0. The van der Waals surface area contributed by atoms with Gasteiger partial charge in [0.15, 0.2) is 0 Å². The van der Waals surface area contributed by atoms with Crippen molar-refractivity contribution in [2.75, 3.05) is 6.61 Å². The van der Waals surface area contributed by atoms with Crippen LogP contribution in [0.1, 0.15) is 149 Å². The summed E-state index contributed by atoms with van der Waals surface area (Å²) in [5.74, 6) is 0.0199. The molecule has 0 aliphatic carbocycles. The average molecular weight is 497 g/mol. The van der Waals surface area contributed by atoms with Crippen molar-refractivity contribution in [1.82, 2.24) is 0 Å². The molecule has 0 radical (unpaired) electrons. The van der Waals surface area contributed by atoms with Gasteiger partial charge in [-0.3, -0.25) is 4.18 Å². The molecule has 0 bridgehead atoms. The summed E-state index contributed by atoms with van der Waals surface area (Å²) in [7, 11) is -4.61. The third-order valence-electron chi connectivity index (χ3n) is 6.24. The van der Waals surface area contributed by atoms with Gasteiger partial charge in [0.2, 0.25) is 10.4 Å². The minimum Gasteiger partial charge on any atom is -0.726 e. The van der Waals surface area contributed by atoms with Gasteiger partial charge >= 0.3 is 29.6 Å². The maximum atomic E-state index is 10.8. The summed E-state index contributed by atoms with van der Waals surface area (Å²) in [5, 5.41) is 0. The number of hydrogen-bond donors (Lipinski definition) is 0. The van der Waals surface area contributed by atoms with Gasteiger partial charge in [0.1, 0.15) is 0 Å². The van der Waals surface area contributed by atoms with E-state index >= 15 is 0 Å². The summed E-state index contributed by atoms with van der Waals surface area (Å²) in [6, 6.07) is 0. The molecule has 192 valence electrons. The van der Waals surface area contributed by atoms with Crippen molar-refractivity contribution in [3.05, 3.63) is 12.2 Å². The predicted octanol–water partition coefficient (Wildman–Crippen LogP) is 5.87. The molecule has 0 spiro atoms. The fourth-order valence-corrected chi connectivity index (χ4v) is 4.50. The summed E-state index contributed by atoms with van der Waals surface area (Å²) in [6.45, 7) is 4.47. The molecule has 1 unspecified atom stereocenters. The van der Waals surface area contributed by atoms with E-state index in [2.05, 4.69) is 30.2 Å². The number of hydrogen-bond acceptors (Lipinski definition) is 4. The Morgan fingerprint density at radius 3 is 1.48 bits per heavy atom. The fourth-order valence-electron chi connectivity index (χ4n) is 4.16. The van der Waals surface area contributed by atoms with E-state index in [-0.39, 0.29) is 42.1 Å². The van der Waals surface area contributed by atoms with Gasteiger partial charge in [-0.25, -0.2) is 8.42 Å². The Morgan fingerprint density at radius 1 is 0.667 bits per heavy atom. The van der Waals surface area contributed by atoms with E-state index in [1.165, 1.54) is 116 Å². The summed E-state index contributed by atoms with van der Waals surface area (Å²) < 4.78 is 37.0. The molecule has 0 aliphatic heterocycles. The molecule has 0 aromatic rings. The van der Waals surface area contributed by atoms with Crippen LogP contribution in [-0.4, -0.2) is 19.6 Å². The second-order valence-corrected chi connectivity index (χ2v) is 10.5. The minimum atomic E-state index is -4.61. The van der Waals surface area contributed by atoms with Crippen LogP contribution in [0.25, 0.3) is 0 Å². The Kier molecular flexibility index (Phi) is 29.5. The fraction of sp³-hybridized carbons (Fsp3) is 0.926. The molecule has 0 aromatic heterocycles. The first-order valence-electron chi connectivity index (χ1n) is 13.8. The topological polar surface area (TPSA) is 66.4 Å². The molecular weight excluding hydrogens is 443 g/mol. The van der Waals surface area contributed by atoms with Crippen molar-refractivity contribution in [3.63, 3.8) is 0 Å². The second kappa shape index (κ2) is 27.2. The molecule has 0 fully saturated rings. The molecule has 0 aromatic carbocycles. The quantitative estimate of drug-likeness (QED) is 0.0521. The van der Waals surface area contributed by atoms with Gasteiger partial charge in [-0.15, -0.1) is 0 Å². The number of rotatable bonds is 25. The van der Waals surface area contributed by atoms with Crippen LogP contribution in [0.15, 0.2) is 12.2 Å². The second-order valence-electron chi connectivity index (χ2n) is 9.47. The van der Waals surface area contributed by atoms with E-state index < -0.39 is 10.4 Å². The van der Waals surface area contributed by atoms with Crippen LogP contribution in [0, 0.1) is 5.92 Å². The van der Waals surface area contributed by atoms with Crippen molar-refractivity contribution in [1.29, 1.82) is 0 Å². The molecule has 4 nitrogen and oxygen atoms in total. The van der Waals surface area contributed by atoms with Gasteiger partial charge in [0, 0.05) is 5.92 Å². The third kappa shape index (κ3) is 30.6. The van der Waals surface area contributed by atoms with Crippen LogP contribution in [0.5, 0.6) is 0 Å². The molecule has 0 aliphatic rings. The Morgan fingerprint density at radius 2 is 1.06 bits per heavy atom. The minimum absolute atomic E-state index is 0. The van der Waals surface area contributed by atoms with Crippen molar-refractivity contribution < 1.29 is 46.7 Å². The smallest absolute Gasteiger partial charge is 0.726 e. The van der Waals surface area contributed by atoms with Crippen LogP contribution in [0.3, 0.4) is 0 Å². The number of allylic oxidation sites excluding steroid dienone is 1. The van der Waals surface area contributed by atoms with Gasteiger partial charge in [-0.1, -0.05) is 142 Å². The Hall–Kier alpha value is 0.610. The molecule has 0 saturated heterocycles. The van der Waals surface area contributed by atoms with E-state index in [1.54, 1.807) is 0 Å². The Bertz CT molecular complexity index is 508. The van der Waals surface area contributed by atoms with Gasteiger partial charge < -0.3 is 4.55 Å². The van der Waals surface area contributed by atoms with Crippen LogP contribution in [0.2, 0.25) is 0 Å². The zero-order valence-corrected chi connectivity index (χ0v) is 25.1. The molecular formula is C27H53NaO4S. The molecule has 0 heterocycles. The van der Waals surface area contributed by atoms with Gasteiger partial charge in [-0.2, -0.15) is 0 Å². The maximum Gasteiger partial charge on any atom is 1.00 e.